The molecular formula is C18H26N2O2. The van der Waals surface area contributed by atoms with Crippen molar-refractivity contribution in [3.8, 4) is 0 Å². The van der Waals surface area contributed by atoms with Gasteiger partial charge in [-0.1, -0.05) is 25.1 Å². The van der Waals surface area contributed by atoms with Gasteiger partial charge in [0.15, 0.2) is 0 Å². The lowest BCUT2D eigenvalue weighted by molar-refractivity contribution is -0.144. The van der Waals surface area contributed by atoms with E-state index in [1.807, 2.05) is 6.92 Å². The summed E-state index contributed by atoms with van der Waals surface area (Å²) in [5.74, 6) is 0.0168. The van der Waals surface area contributed by atoms with E-state index >= 15 is 0 Å². The summed E-state index contributed by atoms with van der Waals surface area (Å²) in [5.41, 5.74) is 2.87. The summed E-state index contributed by atoms with van der Waals surface area (Å²) >= 11 is 0. The van der Waals surface area contributed by atoms with Crippen LogP contribution >= 0.6 is 0 Å². The number of piperidine rings is 1. The Morgan fingerprint density at radius 1 is 1.27 bits per heavy atom. The largest absolute Gasteiger partial charge is 0.480 e. The molecule has 0 aliphatic carbocycles. The summed E-state index contributed by atoms with van der Waals surface area (Å²) in [6.45, 7) is 6.06. The van der Waals surface area contributed by atoms with Crippen LogP contribution in [0.3, 0.4) is 0 Å². The zero-order valence-corrected chi connectivity index (χ0v) is 13.4. The van der Waals surface area contributed by atoms with Crippen LogP contribution in [-0.4, -0.2) is 48.2 Å². The molecule has 4 nitrogen and oxygen atoms in total. The van der Waals surface area contributed by atoms with Crippen LogP contribution in [0.15, 0.2) is 24.3 Å². The quantitative estimate of drug-likeness (QED) is 0.908. The van der Waals surface area contributed by atoms with Crippen molar-refractivity contribution in [3.63, 3.8) is 0 Å². The molecule has 2 aliphatic heterocycles. The summed E-state index contributed by atoms with van der Waals surface area (Å²) < 4.78 is 0. The summed E-state index contributed by atoms with van der Waals surface area (Å²) in [6, 6.07) is 8.41. The van der Waals surface area contributed by atoms with E-state index in [-0.39, 0.29) is 6.04 Å². The minimum atomic E-state index is -0.672. The fraction of sp³-hybridized carbons (Fsp3) is 0.611. The summed E-state index contributed by atoms with van der Waals surface area (Å²) in [4.78, 5) is 15.9. The normalized spacial score (nSPS) is 20.9. The summed E-state index contributed by atoms with van der Waals surface area (Å²) in [5, 5.41) is 9.28. The molecule has 0 spiro atoms. The van der Waals surface area contributed by atoms with Crippen molar-refractivity contribution in [1.29, 1.82) is 0 Å². The average molecular weight is 302 g/mol. The molecule has 1 aromatic carbocycles. The second kappa shape index (κ2) is 6.69. The molecule has 1 saturated heterocycles. The number of hydrogen-bond acceptors (Lipinski definition) is 3. The highest BCUT2D eigenvalue weighted by molar-refractivity contribution is 5.73. The molecular weight excluding hydrogens is 276 g/mol. The van der Waals surface area contributed by atoms with Gasteiger partial charge in [0.1, 0.15) is 6.04 Å². The van der Waals surface area contributed by atoms with Gasteiger partial charge >= 0.3 is 5.97 Å². The minimum Gasteiger partial charge on any atom is -0.480 e. The lowest BCUT2D eigenvalue weighted by atomic mass is 9.94. The number of carboxylic acids is 1. The molecule has 0 bridgehead atoms. The number of aliphatic carboxylic acids is 1. The SMILES string of the molecule is CC[C@@H](C(=O)O)N1CCC(CN2CCc3ccccc32)CC1. The standard InChI is InChI=1S/C18H26N2O2/c1-2-16(18(21)22)19-10-7-14(8-11-19)13-20-12-9-15-5-3-4-6-17(15)20/h3-6,14,16H,2,7-13H2,1H3,(H,21,22)/t16-/m0/s1. The van der Waals surface area contributed by atoms with Gasteiger partial charge in [-0.3, -0.25) is 9.69 Å². The molecule has 1 fully saturated rings. The fourth-order valence-corrected chi connectivity index (χ4v) is 3.94. The monoisotopic (exact) mass is 302 g/mol. The Labute approximate surface area is 132 Å². The maximum atomic E-state index is 11.3. The molecule has 4 heteroatoms. The molecule has 1 atom stereocenters. The number of anilines is 1. The highest BCUT2D eigenvalue weighted by atomic mass is 16.4. The van der Waals surface area contributed by atoms with E-state index in [2.05, 4.69) is 34.1 Å². The predicted molar refractivity (Wildman–Crippen MR) is 88.4 cm³/mol. The van der Waals surface area contributed by atoms with E-state index in [0.29, 0.717) is 12.3 Å². The van der Waals surface area contributed by atoms with Gasteiger partial charge in [0.25, 0.3) is 0 Å². The molecule has 0 unspecified atom stereocenters. The number of likely N-dealkylation sites (tertiary alicyclic amines) is 1. The zero-order chi connectivity index (χ0) is 15.5. The molecule has 120 valence electrons. The third-order valence-electron chi connectivity index (χ3n) is 5.22. The Balaban J connectivity index is 1.54. The first-order valence-electron chi connectivity index (χ1n) is 8.48. The highest BCUT2D eigenvalue weighted by Gasteiger charge is 2.30. The predicted octanol–water partition coefficient (Wildman–Crippen LogP) is 2.62. The number of para-hydroxylation sites is 1. The smallest absolute Gasteiger partial charge is 0.320 e. The number of nitrogens with zero attached hydrogens (tertiary/aromatic N) is 2. The van der Waals surface area contributed by atoms with Gasteiger partial charge in [-0.2, -0.15) is 0 Å². The summed E-state index contributed by atoms with van der Waals surface area (Å²) in [7, 11) is 0. The number of carbonyl (C=O) groups is 1. The van der Waals surface area contributed by atoms with Gasteiger partial charge in [-0.05, 0) is 56.3 Å². The van der Waals surface area contributed by atoms with Gasteiger partial charge < -0.3 is 10.0 Å². The molecule has 0 radical (unpaired) electrons. The molecule has 2 aliphatic rings. The molecule has 0 amide bonds. The van der Waals surface area contributed by atoms with Gasteiger partial charge in [0.2, 0.25) is 0 Å². The molecule has 0 aromatic heterocycles. The summed E-state index contributed by atoms with van der Waals surface area (Å²) in [6.07, 6.45) is 4.08. The van der Waals surface area contributed by atoms with Gasteiger partial charge in [0.05, 0.1) is 0 Å². The second-order valence-corrected chi connectivity index (χ2v) is 6.57. The van der Waals surface area contributed by atoms with Crippen molar-refractivity contribution in [3.05, 3.63) is 29.8 Å². The number of rotatable bonds is 5. The molecule has 22 heavy (non-hydrogen) atoms. The van der Waals surface area contributed by atoms with Crippen molar-refractivity contribution in [1.82, 2.24) is 4.90 Å². The first kappa shape index (κ1) is 15.3. The first-order valence-corrected chi connectivity index (χ1v) is 8.48. The van der Waals surface area contributed by atoms with E-state index in [0.717, 1.165) is 45.4 Å². The van der Waals surface area contributed by atoms with Crippen LogP contribution in [0, 0.1) is 5.92 Å². The lowest BCUT2D eigenvalue weighted by Crippen LogP contribution is -2.46. The number of carboxylic acid groups (broad SMARTS) is 1. The topological polar surface area (TPSA) is 43.8 Å². The van der Waals surface area contributed by atoms with Crippen molar-refractivity contribution in [2.45, 2.75) is 38.6 Å². The molecule has 2 heterocycles. The van der Waals surface area contributed by atoms with E-state index in [1.54, 1.807) is 0 Å². The third kappa shape index (κ3) is 3.12. The van der Waals surface area contributed by atoms with Gasteiger partial charge in [-0.15, -0.1) is 0 Å². The molecule has 3 rings (SSSR count). The minimum absolute atomic E-state index is 0.298. The molecule has 1 N–H and O–H groups in total. The van der Waals surface area contributed by atoms with E-state index < -0.39 is 5.97 Å². The Kier molecular flexibility index (Phi) is 4.67. The maximum absolute atomic E-state index is 11.3. The van der Waals surface area contributed by atoms with E-state index in [4.69, 9.17) is 0 Å². The van der Waals surface area contributed by atoms with Crippen molar-refractivity contribution >= 4 is 11.7 Å². The third-order valence-corrected chi connectivity index (χ3v) is 5.22. The Hall–Kier alpha value is -1.55. The van der Waals surface area contributed by atoms with E-state index in [9.17, 15) is 9.90 Å². The second-order valence-electron chi connectivity index (χ2n) is 6.57. The fourth-order valence-electron chi connectivity index (χ4n) is 3.94. The van der Waals surface area contributed by atoms with Crippen LogP contribution < -0.4 is 4.90 Å². The maximum Gasteiger partial charge on any atom is 0.320 e. The number of benzene rings is 1. The van der Waals surface area contributed by atoms with E-state index in [1.165, 1.54) is 11.3 Å². The Bertz CT molecular complexity index is 524. The first-order chi connectivity index (χ1) is 10.7. The van der Waals surface area contributed by atoms with Crippen molar-refractivity contribution < 1.29 is 9.90 Å². The highest BCUT2D eigenvalue weighted by Crippen LogP contribution is 2.30. The Morgan fingerprint density at radius 3 is 2.68 bits per heavy atom. The molecule has 0 saturated carbocycles. The van der Waals surface area contributed by atoms with Crippen LogP contribution in [0.5, 0.6) is 0 Å². The van der Waals surface area contributed by atoms with Crippen molar-refractivity contribution in [2.24, 2.45) is 5.92 Å². The lowest BCUT2D eigenvalue weighted by Gasteiger charge is -2.37. The van der Waals surface area contributed by atoms with Crippen LogP contribution in [0.2, 0.25) is 0 Å². The van der Waals surface area contributed by atoms with Crippen LogP contribution in [0.1, 0.15) is 31.7 Å². The number of hydrogen-bond donors (Lipinski definition) is 1. The van der Waals surface area contributed by atoms with Crippen LogP contribution in [0.4, 0.5) is 5.69 Å². The van der Waals surface area contributed by atoms with Crippen LogP contribution in [0.25, 0.3) is 0 Å². The van der Waals surface area contributed by atoms with Gasteiger partial charge in [0, 0.05) is 18.8 Å². The number of fused-ring (bicyclic) bond motifs is 1. The molecule has 1 aromatic rings. The van der Waals surface area contributed by atoms with Crippen molar-refractivity contribution in [2.75, 3.05) is 31.1 Å². The van der Waals surface area contributed by atoms with Gasteiger partial charge in [-0.25, -0.2) is 0 Å². The Morgan fingerprint density at radius 2 is 2.00 bits per heavy atom. The average Bonchev–Trinajstić information content (AvgIpc) is 2.93. The van der Waals surface area contributed by atoms with Crippen LogP contribution in [-0.2, 0) is 11.2 Å². The zero-order valence-electron chi connectivity index (χ0n) is 13.4.